The fourth-order valence-corrected chi connectivity index (χ4v) is 3.83. The molecule has 0 spiro atoms. The Morgan fingerprint density at radius 2 is 1.45 bits per heavy atom. The van der Waals surface area contributed by atoms with Crippen LogP contribution in [0, 0.1) is 0 Å². The highest BCUT2D eigenvalue weighted by molar-refractivity contribution is 4.89. The zero-order valence-electron chi connectivity index (χ0n) is 18.6. The van der Waals surface area contributed by atoms with Crippen molar-refractivity contribution < 1.29 is 24.8 Å². The summed E-state index contributed by atoms with van der Waals surface area (Å²) in [6, 6.07) is 0. The molecule has 172 valence electrons. The quantitative estimate of drug-likeness (QED) is 0.214. The maximum atomic E-state index is 9.89. The van der Waals surface area contributed by atoms with Gasteiger partial charge in [0, 0.05) is 6.61 Å². The zero-order chi connectivity index (χ0) is 21.2. The zero-order valence-corrected chi connectivity index (χ0v) is 18.6. The molecule has 0 aromatic rings. The Labute approximate surface area is 178 Å². The number of rotatable bonds is 19. The van der Waals surface area contributed by atoms with Gasteiger partial charge in [0.2, 0.25) is 0 Å². The summed E-state index contributed by atoms with van der Waals surface area (Å²) in [7, 11) is 0. The number of unbranched alkanes of at least 4 members (excludes halogenated alkanes) is 12. The van der Waals surface area contributed by atoms with Crippen molar-refractivity contribution in [1.29, 1.82) is 0 Å². The van der Waals surface area contributed by atoms with E-state index in [4.69, 9.17) is 14.6 Å². The lowest BCUT2D eigenvalue weighted by Crippen LogP contribution is -2.42. The Hall–Kier alpha value is -0.460. The van der Waals surface area contributed by atoms with E-state index in [0.717, 1.165) is 25.7 Å². The maximum Gasteiger partial charge on any atom is 0.114 e. The van der Waals surface area contributed by atoms with Gasteiger partial charge in [0.05, 0.1) is 13.2 Å². The van der Waals surface area contributed by atoms with Crippen LogP contribution in [0.1, 0.15) is 96.8 Å². The van der Waals surface area contributed by atoms with Crippen LogP contribution < -0.4 is 0 Å². The Bertz CT molecular complexity index is 387. The summed E-state index contributed by atoms with van der Waals surface area (Å²) in [6.07, 6.45) is 19.6. The largest absolute Gasteiger partial charge is 0.394 e. The summed E-state index contributed by atoms with van der Waals surface area (Å²) < 4.78 is 11.0. The lowest BCUT2D eigenvalue weighted by atomic mass is 10.1. The fourth-order valence-electron chi connectivity index (χ4n) is 3.83. The first-order chi connectivity index (χ1) is 14.2. The smallest absolute Gasteiger partial charge is 0.114 e. The van der Waals surface area contributed by atoms with E-state index in [9.17, 15) is 10.2 Å². The summed E-state index contributed by atoms with van der Waals surface area (Å²) >= 11 is 0. The van der Waals surface area contributed by atoms with E-state index in [0.29, 0.717) is 6.61 Å². The molecule has 3 N–H and O–H groups in total. The van der Waals surface area contributed by atoms with Crippen molar-refractivity contribution in [3.63, 3.8) is 0 Å². The van der Waals surface area contributed by atoms with Crippen molar-refractivity contribution in [2.45, 2.75) is 121 Å². The SMILES string of the molecule is CCCCCCCCCCC/C=C/CCCCCO[C@H]1[C@@H]([C@@H](O)CO)OC[C@H]1O. The van der Waals surface area contributed by atoms with Crippen molar-refractivity contribution in [3.05, 3.63) is 12.2 Å². The third-order valence-corrected chi connectivity index (χ3v) is 5.70. The average molecular weight is 415 g/mol. The van der Waals surface area contributed by atoms with E-state index in [1.165, 1.54) is 64.2 Å². The molecular weight excluding hydrogens is 368 g/mol. The van der Waals surface area contributed by atoms with Gasteiger partial charge in [-0.2, -0.15) is 0 Å². The van der Waals surface area contributed by atoms with Crippen LogP contribution in [0.5, 0.6) is 0 Å². The number of hydrogen-bond donors (Lipinski definition) is 3. The van der Waals surface area contributed by atoms with Gasteiger partial charge < -0.3 is 24.8 Å². The minimum atomic E-state index is -1.01. The van der Waals surface area contributed by atoms with Crippen LogP contribution in [0.15, 0.2) is 12.2 Å². The van der Waals surface area contributed by atoms with Gasteiger partial charge in [0.25, 0.3) is 0 Å². The summed E-state index contributed by atoms with van der Waals surface area (Å²) in [6.45, 7) is 2.57. The van der Waals surface area contributed by atoms with Crippen LogP contribution >= 0.6 is 0 Å². The predicted molar refractivity (Wildman–Crippen MR) is 118 cm³/mol. The van der Waals surface area contributed by atoms with E-state index < -0.39 is 24.4 Å². The molecule has 1 aliphatic rings. The number of aliphatic hydroxyl groups excluding tert-OH is 3. The van der Waals surface area contributed by atoms with Crippen LogP contribution in [0.3, 0.4) is 0 Å². The topological polar surface area (TPSA) is 79.2 Å². The summed E-state index contributed by atoms with van der Waals surface area (Å²) in [5, 5.41) is 28.6. The Morgan fingerprint density at radius 1 is 0.897 bits per heavy atom. The Balaban J connectivity index is 1.88. The molecule has 0 unspecified atom stereocenters. The van der Waals surface area contributed by atoms with Gasteiger partial charge in [-0.15, -0.1) is 0 Å². The third kappa shape index (κ3) is 12.7. The second kappa shape index (κ2) is 18.3. The van der Waals surface area contributed by atoms with Crippen LogP contribution in [-0.4, -0.2) is 59.6 Å². The Morgan fingerprint density at radius 3 is 2.03 bits per heavy atom. The first kappa shape index (κ1) is 26.6. The second-order valence-corrected chi connectivity index (χ2v) is 8.39. The molecule has 1 saturated heterocycles. The number of aliphatic hydroxyl groups is 3. The van der Waals surface area contributed by atoms with Gasteiger partial charge >= 0.3 is 0 Å². The van der Waals surface area contributed by atoms with E-state index in [-0.39, 0.29) is 13.2 Å². The minimum Gasteiger partial charge on any atom is -0.394 e. The van der Waals surface area contributed by atoms with E-state index in [1.54, 1.807) is 0 Å². The lowest BCUT2D eigenvalue weighted by Gasteiger charge is -2.23. The Kier molecular flexibility index (Phi) is 16.8. The lowest BCUT2D eigenvalue weighted by molar-refractivity contribution is -0.0937. The van der Waals surface area contributed by atoms with Crippen molar-refractivity contribution in [3.8, 4) is 0 Å². The molecule has 0 aromatic carbocycles. The van der Waals surface area contributed by atoms with Crippen LogP contribution in [-0.2, 0) is 9.47 Å². The fraction of sp³-hybridized carbons (Fsp3) is 0.917. The van der Waals surface area contributed by atoms with Crippen molar-refractivity contribution in [2.75, 3.05) is 19.8 Å². The molecule has 1 heterocycles. The molecule has 4 atom stereocenters. The highest BCUT2D eigenvalue weighted by Gasteiger charge is 2.40. The van der Waals surface area contributed by atoms with Gasteiger partial charge in [0.1, 0.15) is 24.4 Å². The van der Waals surface area contributed by atoms with Gasteiger partial charge in [-0.25, -0.2) is 0 Å². The number of ether oxygens (including phenoxy) is 2. The van der Waals surface area contributed by atoms with Gasteiger partial charge in [0.15, 0.2) is 0 Å². The first-order valence-corrected chi connectivity index (χ1v) is 12.1. The molecule has 1 rings (SSSR count). The molecule has 0 aromatic heterocycles. The van der Waals surface area contributed by atoms with Crippen LogP contribution in [0.25, 0.3) is 0 Å². The normalized spacial score (nSPS) is 23.2. The van der Waals surface area contributed by atoms with E-state index in [1.807, 2.05) is 0 Å². The van der Waals surface area contributed by atoms with E-state index in [2.05, 4.69) is 19.1 Å². The molecule has 1 fully saturated rings. The summed E-state index contributed by atoms with van der Waals surface area (Å²) in [5.74, 6) is 0. The standard InChI is InChI=1S/C24H46O5/c1-2-3-4-5-6-7-8-9-10-11-12-13-14-15-16-17-18-28-24-22(27)20-29-23(24)21(26)19-25/h12-13,21-27H,2-11,14-20H2,1H3/b13-12+/t21-,22+,23+,24+/m0/s1. The summed E-state index contributed by atoms with van der Waals surface area (Å²) in [5.41, 5.74) is 0. The molecule has 5 heteroatoms. The average Bonchev–Trinajstić information content (AvgIpc) is 3.10. The van der Waals surface area contributed by atoms with Gasteiger partial charge in [-0.1, -0.05) is 76.9 Å². The maximum absolute atomic E-state index is 9.89. The molecular formula is C24H46O5. The second-order valence-electron chi connectivity index (χ2n) is 8.39. The predicted octanol–water partition coefficient (Wildman–Crippen LogP) is 4.52. The highest BCUT2D eigenvalue weighted by Crippen LogP contribution is 2.21. The van der Waals surface area contributed by atoms with E-state index >= 15 is 0 Å². The van der Waals surface area contributed by atoms with Crippen LogP contribution in [0.2, 0.25) is 0 Å². The number of allylic oxidation sites excluding steroid dienone is 2. The van der Waals surface area contributed by atoms with Crippen molar-refractivity contribution in [1.82, 2.24) is 0 Å². The monoisotopic (exact) mass is 414 g/mol. The van der Waals surface area contributed by atoms with Crippen LogP contribution in [0.4, 0.5) is 0 Å². The molecule has 29 heavy (non-hydrogen) atoms. The molecule has 5 nitrogen and oxygen atoms in total. The molecule has 0 radical (unpaired) electrons. The van der Waals surface area contributed by atoms with Gasteiger partial charge in [-0.05, 0) is 32.1 Å². The van der Waals surface area contributed by atoms with Crippen molar-refractivity contribution >= 4 is 0 Å². The van der Waals surface area contributed by atoms with Crippen molar-refractivity contribution in [2.24, 2.45) is 0 Å². The molecule has 1 aliphatic heterocycles. The number of hydrogen-bond acceptors (Lipinski definition) is 5. The molecule has 0 aliphatic carbocycles. The minimum absolute atomic E-state index is 0.149. The third-order valence-electron chi connectivity index (χ3n) is 5.70. The highest BCUT2D eigenvalue weighted by atomic mass is 16.6. The molecule has 0 bridgehead atoms. The first-order valence-electron chi connectivity index (χ1n) is 12.1. The summed E-state index contributed by atoms with van der Waals surface area (Å²) in [4.78, 5) is 0. The van der Waals surface area contributed by atoms with Gasteiger partial charge in [-0.3, -0.25) is 0 Å². The molecule has 0 saturated carbocycles. The molecule has 0 amide bonds.